The Morgan fingerprint density at radius 1 is 1.06 bits per heavy atom. The first-order chi connectivity index (χ1) is 8.06. The SMILES string of the molecule is CCC(O)C(O)C(O)[C@@H](N)CC1CCCCC1. The smallest absolute Gasteiger partial charge is 0.107 e. The Labute approximate surface area is 104 Å². The van der Waals surface area contributed by atoms with Crippen LogP contribution in [0.2, 0.25) is 0 Å². The third-order valence-corrected chi connectivity index (χ3v) is 3.93. The molecule has 3 unspecified atom stereocenters. The van der Waals surface area contributed by atoms with Crippen LogP contribution in [0.4, 0.5) is 0 Å². The van der Waals surface area contributed by atoms with Crippen molar-refractivity contribution in [3.63, 3.8) is 0 Å². The van der Waals surface area contributed by atoms with E-state index in [0.29, 0.717) is 12.3 Å². The van der Waals surface area contributed by atoms with Gasteiger partial charge in [0.25, 0.3) is 0 Å². The molecule has 1 rings (SSSR count). The van der Waals surface area contributed by atoms with Crippen molar-refractivity contribution in [2.45, 2.75) is 76.2 Å². The lowest BCUT2D eigenvalue weighted by Gasteiger charge is -2.30. The Bertz CT molecular complexity index is 207. The summed E-state index contributed by atoms with van der Waals surface area (Å²) < 4.78 is 0. The third-order valence-electron chi connectivity index (χ3n) is 3.93. The van der Waals surface area contributed by atoms with E-state index in [1.807, 2.05) is 0 Å². The van der Waals surface area contributed by atoms with Crippen molar-refractivity contribution >= 4 is 0 Å². The molecule has 0 aliphatic heterocycles. The van der Waals surface area contributed by atoms with Gasteiger partial charge in [-0.1, -0.05) is 39.0 Å². The van der Waals surface area contributed by atoms with Crippen LogP contribution in [0.1, 0.15) is 51.9 Å². The van der Waals surface area contributed by atoms with Crippen LogP contribution in [0.5, 0.6) is 0 Å². The summed E-state index contributed by atoms with van der Waals surface area (Å²) in [6.45, 7) is 1.77. The lowest BCUT2D eigenvalue weighted by Crippen LogP contribution is -2.48. The zero-order chi connectivity index (χ0) is 12.8. The zero-order valence-electron chi connectivity index (χ0n) is 10.8. The van der Waals surface area contributed by atoms with Gasteiger partial charge < -0.3 is 21.1 Å². The molecule has 0 aromatic heterocycles. The van der Waals surface area contributed by atoms with Crippen molar-refractivity contribution in [1.29, 1.82) is 0 Å². The second-order valence-corrected chi connectivity index (χ2v) is 5.36. The van der Waals surface area contributed by atoms with E-state index in [2.05, 4.69) is 0 Å². The summed E-state index contributed by atoms with van der Waals surface area (Å²) in [5.74, 6) is 0.569. The molecule has 0 aromatic carbocycles. The van der Waals surface area contributed by atoms with Crippen LogP contribution in [-0.4, -0.2) is 39.7 Å². The first-order valence-electron chi connectivity index (χ1n) is 6.86. The van der Waals surface area contributed by atoms with E-state index in [1.54, 1.807) is 6.92 Å². The van der Waals surface area contributed by atoms with Gasteiger partial charge in [-0.2, -0.15) is 0 Å². The largest absolute Gasteiger partial charge is 0.390 e. The molecular weight excluding hydrogens is 218 g/mol. The Morgan fingerprint density at radius 3 is 2.18 bits per heavy atom. The van der Waals surface area contributed by atoms with Crippen molar-refractivity contribution in [3.8, 4) is 0 Å². The van der Waals surface area contributed by atoms with Gasteiger partial charge in [0, 0.05) is 6.04 Å². The summed E-state index contributed by atoms with van der Waals surface area (Å²) in [5.41, 5.74) is 5.92. The predicted molar refractivity (Wildman–Crippen MR) is 67.5 cm³/mol. The van der Waals surface area contributed by atoms with Gasteiger partial charge in [0.05, 0.1) is 12.2 Å². The molecule has 4 nitrogen and oxygen atoms in total. The highest BCUT2D eigenvalue weighted by molar-refractivity contribution is 4.85. The van der Waals surface area contributed by atoms with Crippen LogP contribution in [0.25, 0.3) is 0 Å². The minimum atomic E-state index is -1.13. The summed E-state index contributed by atoms with van der Waals surface area (Å²) in [6.07, 6.45) is 4.27. The van der Waals surface area contributed by atoms with Gasteiger partial charge in [0.1, 0.15) is 6.10 Å². The minimum absolute atomic E-state index is 0.425. The Kier molecular flexibility index (Phi) is 6.41. The number of aliphatic hydroxyl groups excluding tert-OH is 3. The van der Waals surface area contributed by atoms with E-state index in [9.17, 15) is 15.3 Å². The molecule has 0 saturated heterocycles. The highest BCUT2D eigenvalue weighted by Crippen LogP contribution is 2.28. The Morgan fingerprint density at radius 2 is 1.65 bits per heavy atom. The molecule has 0 aromatic rings. The predicted octanol–water partition coefficient (Wildman–Crippen LogP) is 0.777. The molecule has 0 radical (unpaired) electrons. The molecular formula is C13H27NO3. The maximum absolute atomic E-state index is 9.88. The van der Waals surface area contributed by atoms with Gasteiger partial charge in [-0.3, -0.25) is 0 Å². The molecule has 102 valence electrons. The van der Waals surface area contributed by atoms with Crippen LogP contribution in [0.15, 0.2) is 0 Å². The van der Waals surface area contributed by atoms with Crippen molar-refractivity contribution in [1.82, 2.24) is 0 Å². The third kappa shape index (κ3) is 4.54. The van der Waals surface area contributed by atoms with E-state index in [0.717, 1.165) is 6.42 Å². The minimum Gasteiger partial charge on any atom is -0.390 e. The highest BCUT2D eigenvalue weighted by atomic mass is 16.4. The van der Waals surface area contributed by atoms with Crippen molar-refractivity contribution in [3.05, 3.63) is 0 Å². The molecule has 4 heteroatoms. The average Bonchev–Trinajstić information content (AvgIpc) is 2.37. The second kappa shape index (κ2) is 7.31. The van der Waals surface area contributed by atoms with Gasteiger partial charge >= 0.3 is 0 Å². The van der Waals surface area contributed by atoms with Crippen molar-refractivity contribution in [2.24, 2.45) is 11.7 Å². The normalized spacial score (nSPS) is 25.2. The van der Waals surface area contributed by atoms with E-state index in [1.165, 1.54) is 32.1 Å². The lowest BCUT2D eigenvalue weighted by atomic mass is 9.83. The second-order valence-electron chi connectivity index (χ2n) is 5.36. The molecule has 1 aliphatic carbocycles. The molecule has 1 saturated carbocycles. The number of aliphatic hydroxyl groups is 3. The molecule has 1 fully saturated rings. The number of nitrogens with two attached hydrogens (primary N) is 1. The summed E-state index contributed by atoms with van der Waals surface area (Å²) in [5, 5.41) is 29.1. The molecule has 0 heterocycles. The number of hydrogen-bond acceptors (Lipinski definition) is 4. The molecule has 5 N–H and O–H groups in total. The summed E-state index contributed by atoms with van der Waals surface area (Å²) in [7, 11) is 0. The van der Waals surface area contributed by atoms with Gasteiger partial charge in [-0.05, 0) is 18.8 Å². The van der Waals surface area contributed by atoms with E-state index < -0.39 is 24.4 Å². The summed E-state index contributed by atoms with van der Waals surface area (Å²) in [4.78, 5) is 0. The first kappa shape index (κ1) is 14.9. The van der Waals surface area contributed by atoms with Crippen LogP contribution in [0.3, 0.4) is 0 Å². The fourth-order valence-electron chi connectivity index (χ4n) is 2.67. The van der Waals surface area contributed by atoms with Crippen LogP contribution < -0.4 is 5.73 Å². The molecule has 1 aliphatic rings. The quantitative estimate of drug-likeness (QED) is 0.557. The molecule has 17 heavy (non-hydrogen) atoms. The summed E-state index contributed by atoms with van der Waals surface area (Å²) >= 11 is 0. The summed E-state index contributed by atoms with van der Waals surface area (Å²) in [6, 6.07) is -0.436. The first-order valence-corrected chi connectivity index (χ1v) is 6.86. The monoisotopic (exact) mass is 245 g/mol. The number of rotatable bonds is 6. The highest BCUT2D eigenvalue weighted by Gasteiger charge is 2.30. The maximum Gasteiger partial charge on any atom is 0.107 e. The molecule has 0 spiro atoms. The van der Waals surface area contributed by atoms with Gasteiger partial charge in [0.15, 0.2) is 0 Å². The van der Waals surface area contributed by atoms with Gasteiger partial charge in [-0.15, -0.1) is 0 Å². The molecule has 0 bridgehead atoms. The standard InChI is InChI=1S/C13H27NO3/c1-2-11(15)13(17)12(16)10(14)8-9-6-4-3-5-7-9/h9-13,15-17H,2-8,14H2,1H3/t10-,11?,12?,13?/m0/s1. The van der Waals surface area contributed by atoms with Crippen LogP contribution in [0, 0.1) is 5.92 Å². The van der Waals surface area contributed by atoms with E-state index >= 15 is 0 Å². The lowest BCUT2D eigenvalue weighted by molar-refractivity contribution is -0.0709. The van der Waals surface area contributed by atoms with Gasteiger partial charge in [0.2, 0.25) is 0 Å². The van der Waals surface area contributed by atoms with Crippen LogP contribution in [-0.2, 0) is 0 Å². The fourth-order valence-corrected chi connectivity index (χ4v) is 2.67. The molecule has 4 atom stereocenters. The van der Waals surface area contributed by atoms with Crippen LogP contribution >= 0.6 is 0 Å². The van der Waals surface area contributed by atoms with E-state index in [-0.39, 0.29) is 0 Å². The molecule has 0 amide bonds. The van der Waals surface area contributed by atoms with Crippen molar-refractivity contribution < 1.29 is 15.3 Å². The average molecular weight is 245 g/mol. The number of hydrogen-bond donors (Lipinski definition) is 4. The fraction of sp³-hybridized carbons (Fsp3) is 1.00. The Balaban J connectivity index is 2.37. The zero-order valence-corrected chi connectivity index (χ0v) is 10.8. The maximum atomic E-state index is 9.88. The topological polar surface area (TPSA) is 86.7 Å². The Hall–Kier alpha value is -0.160. The van der Waals surface area contributed by atoms with Gasteiger partial charge in [-0.25, -0.2) is 0 Å². The van der Waals surface area contributed by atoms with E-state index in [4.69, 9.17) is 5.73 Å². The van der Waals surface area contributed by atoms with Crippen molar-refractivity contribution in [2.75, 3.05) is 0 Å².